The molecule has 2 aliphatic heterocycles. The standard InChI is InChI=1S/C12H10FNO4S/c13-7-3-4-8-10(6-7)19(17,18)11(12(15)16)9-2-1-5-14(8)9/h3-4,6H,1-2,5H2,(H,15,16). The molecule has 19 heavy (non-hydrogen) atoms. The van der Waals surface area contributed by atoms with Crippen molar-refractivity contribution >= 4 is 21.5 Å². The van der Waals surface area contributed by atoms with Crippen molar-refractivity contribution in [3.63, 3.8) is 0 Å². The van der Waals surface area contributed by atoms with Crippen LogP contribution >= 0.6 is 0 Å². The molecule has 0 atom stereocenters. The minimum Gasteiger partial charge on any atom is -0.477 e. The van der Waals surface area contributed by atoms with Crippen LogP contribution in [0, 0.1) is 5.82 Å². The number of fused-ring (bicyclic) bond motifs is 3. The molecule has 3 rings (SSSR count). The highest BCUT2D eigenvalue weighted by Crippen LogP contribution is 2.43. The van der Waals surface area contributed by atoms with Gasteiger partial charge in [-0.25, -0.2) is 17.6 Å². The van der Waals surface area contributed by atoms with Gasteiger partial charge in [-0.1, -0.05) is 0 Å². The first-order valence-electron chi connectivity index (χ1n) is 5.71. The van der Waals surface area contributed by atoms with Crippen LogP contribution in [0.5, 0.6) is 0 Å². The number of carboxylic acids is 1. The van der Waals surface area contributed by atoms with E-state index in [1.807, 2.05) is 0 Å². The van der Waals surface area contributed by atoms with Gasteiger partial charge in [-0.05, 0) is 31.0 Å². The first kappa shape index (κ1) is 12.2. The summed E-state index contributed by atoms with van der Waals surface area (Å²) in [7, 11) is -4.16. The van der Waals surface area contributed by atoms with Crippen molar-refractivity contribution in [2.45, 2.75) is 17.7 Å². The Morgan fingerprint density at radius 2 is 2.11 bits per heavy atom. The zero-order valence-corrected chi connectivity index (χ0v) is 10.6. The summed E-state index contributed by atoms with van der Waals surface area (Å²) in [5.74, 6) is -2.19. The minimum atomic E-state index is -4.16. The van der Waals surface area contributed by atoms with Crippen LogP contribution in [0.3, 0.4) is 0 Å². The van der Waals surface area contributed by atoms with Gasteiger partial charge in [-0.3, -0.25) is 0 Å². The van der Waals surface area contributed by atoms with Gasteiger partial charge in [0.2, 0.25) is 9.84 Å². The van der Waals surface area contributed by atoms with Crippen molar-refractivity contribution in [2.24, 2.45) is 0 Å². The van der Waals surface area contributed by atoms with E-state index in [1.54, 1.807) is 4.90 Å². The largest absolute Gasteiger partial charge is 0.477 e. The molecule has 1 N–H and O–H groups in total. The monoisotopic (exact) mass is 283 g/mol. The van der Waals surface area contributed by atoms with Crippen LogP contribution in [0.2, 0.25) is 0 Å². The second-order valence-corrected chi connectivity index (χ2v) is 6.31. The van der Waals surface area contributed by atoms with E-state index in [1.165, 1.54) is 12.1 Å². The molecule has 0 bridgehead atoms. The van der Waals surface area contributed by atoms with Crippen LogP contribution in [0.1, 0.15) is 12.8 Å². The van der Waals surface area contributed by atoms with Gasteiger partial charge in [0.05, 0.1) is 10.6 Å². The first-order chi connectivity index (χ1) is 8.93. The second kappa shape index (κ2) is 3.80. The van der Waals surface area contributed by atoms with Crippen molar-refractivity contribution in [1.29, 1.82) is 0 Å². The lowest BCUT2D eigenvalue weighted by atomic mass is 10.2. The van der Waals surface area contributed by atoms with E-state index < -0.39 is 26.5 Å². The van der Waals surface area contributed by atoms with Gasteiger partial charge < -0.3 is 10.0 Å². The summed E-state index contributed by atoms with van der Waals surface area (Å²) >= 11 is 0. The Hall–Kier alpha value is -1.89. The summed E-state index contributed by atoms with van der Waals surface area (Å²) in [5, 5.41) is 9.16. The van der Waals surface area contributed by atoms with Gasteiger partial charge in [0.25, 0.3) is 0 Å². The third-order valence-corrected chi connectivity index (χ3v) is 5.20. The number of sulfone groups is 1. The number of hydrogen-bond donors (Lipinski definition) is 1. The predicted octanol–water partition coefficient (Wildman–Crippen LogP) is 1.51. The summed E-state index contributed by atoms with van der Waals surface area (Å²) in [6, 6.07) is 3.44. The van der Waals surface area contributed by atoms with E-state index in [-0.39, 0.29) is 4.90 Å². The van der Waals surface area contributed by atoms with Crippen LogP contribution in [-0.4, -0.2) is 26.0 Å². The zero-order chi connectivity index (χ0) is 13.8. The van der Waals surface area contributed by atoms with Gasteiger partial charge in [-0.15, -0.1) is 0 Å². The molecule has 0 aromatic heterocycles. The molecule has 100 valence electrons. The van der Waals surface area contributed by atoms with Gasteiger partial charge in [-0.2, -0.15) is 0 Å². The topological polar surface area (TPSA) is 74.7 Å². The smallest absolute Gasteiger partial charge is 0.349 e. The highest BCUT2D eigenvalue weighted by molar-refractivity contribution is 7.96. The van der Waals surface area contributed by atoms with Crippen LogP contribution in [-0.2, 0) is 14.6 Å². The van der Waals surface area contributed by atoms with Gasteiger partial charge in [0.1, 0.15) is 5.82 Å². The maximum absolute atomic E-state index is 13.3. The van der Waals surface area contributed by atoms with Crippen LogP contribution < -0.4 is 4.90 Å². The van der Waals surface area contributed by atoms with Crippen molar-refractivity contribution < 1.29 is 22.7 Å². The number of halogens is 1. The molecule has 0 spiro atoms. The van der Waals surface area contributed by atoms with E-state index in [0.717, 1.165) is 6.07 Å². The Balaban J connectivity index is 2.38. The average molecular weight is 283 g/mol. The Bertz CT molecular complexity index is 723. The normalized spacial score (nSPS) is 20.2. The number of hydrogen-bond acceptors (Lipinski definition) is 4. The van der Waals surface area contributed by atoms with Crippen molar-refractivity contribution in [2.75, 3.05) is 11.4 Å². The maximum Gasteiger partial charge on any atom is 0.349 e. The Morgan fingerprint density at radius 3 is 2.79 bits per heavy atom. The first-order valence-corrected chi connectivity index (χ1v) is 7.20. The molecule has 0 amide bonds. The predicted molar refractivity (Wildman–Crippen MR) is 64.8 cm³/mol. The number of carboxylic acid groups (broad SMARTS) is 1. The van der Waals surface area contributed by atoms with E-state index in [0.29, 0.717) is 30.8 Å². The fourth-order valence-electron chi connectivity index (χ4n) is 2.61. The molecular formula is C12H10FNO4S. The second-order valence-electron chi connectivity index (χ2n) is 4.45. The Labute approximate surface area is 108 Å². The molecule has 2 heterocycles. The van der Waals surface area contributed by atoms with Crippen molar-refractivity contribution in [1.82, 2.24) is 0 Å². The van der Waals surface area contributed by atoms with Gasteiger partial charge in [0.15, 0.2) is 4.91 Å². The molecule has 0 aliphatic carbocycles. The maximum atomic E-state index is 13.3. The SMILES string of the molecule is O=C(O)C1=C2CCCN2c2ccc(F)cc2S1(=O)=O. The van der Waals surface area contributed by atoms with Crippen molar-refractivity contribution in [3.05, 3.63) is 34.6 Å². The molecule has 0 unspecified atom stereocenters. The number of carbonyl (C=O) groups is 1. The summed E-state index contributed by atoms with van der Waals surface area (Å²) in [4.78, 5) is 12.0. The quantitative estimate of drug-likeness (QED) is 0.845. The molecule has 5 nitrogen and oxygen atoms in total. The van der Waals surface area contributed by atoms with E-state index in [4.69, 9.17) is 5.11 Å². The number of nitrogens with zero attached hydrogens (tertiary/aromatic N) is 1. The summed E-state index contributed by atoms with van der Waals surface area (Å²) in [6.45, 7) is 0.542. The van der Waals surface area contributed by atoms with E-state index in [2.05, 4.69) is 0 Å². The molecule has 2 aliphatic rings. The lowest BCUT2D eigenvalue weighted by Gasteiger charge is -2.29. The number of anilines is 1. The molecule has 1 saturated heterocycles. The summed E-state index contributed by atoms with van der Waals surface area (Å²) in [6.07, 6.45) is 1.08. The Morgan fingerprint density at radius 1 is 1.37 bits per heavy atom. The fraction of sp³-hybridized carbons (Fsp3) is 0.250. The molecule has 1 fully saturated rings. The van der Waals surface area contributed by atoms with Crippen LogP contribution in [0.25, 0.3) is 0 Å². The lowest BCUT2D eigenvalue weighted by Crippen LogP contribution is -2.30. The van der Waals surface area contributed by atoms with Gasteiger partial charge >= 0.3 is 5.97 Å². The van der Waals surface area contributed by atoms with E-state index >= 15 is 0 Å². The fourth-order valence-corrected chi connectivity index (χ4v) is 4.30. The molecule has 7 heteroatoms. The molecule has 0 saturated carbocycles. The Kier molecular flexibility index (Phi) is 2.43. The highest BCUT2D eigenvalue weighted by Gasteiger charge is 2.41. The summed E-state index contributed by atoms with van der Waals surface area (Å²) in [5.41, 5.74) is 0.658. The third kappa shape index (κ3) is 1.58. The number of benzene rings is 1. The van der Waals surface area contributed by atoms with Crippen LogP contribution in [0.4, 0.5) is 10.1 Å². The van der Waals surface area contributed by atoms with E-state index in [9.17, 15) is 17.6 Å². The zero-order valence-electron chi connectivity index (χ0n) is 9.76. The molecular weight excluding hydrogens is 273 g/mol. The average Bonchev–Trinajstić information content (AvgIpc) is 2.76. The number of rotatable bonds is 1. The van der Waals surface area contributed by atoms with Crippen LogP contribution in [0.15, 0.2) is 33.7 Å². The molecule has 1 aromatic carbocycles. The molecule has 1 aromatic rings. The van der Waals surface area contributed by atoms with Crippen molar-refractivity contribution in [3.8, 4) is 0 Å². The number of aliphatic carboxylic acids is 1. The lowest BCUT2D eigenvalue weighted by molar-refractivity contribution is -0.131. The number of allylic oxidation sites excluding steroid dienone is 1. The highest BCUT2D eigenvalue weighted by atomic mass is 32.2. The minimum absolute atomic E-state index is 0.268. The third-order valence-electron chi connectivity index (χ3n) is 3.35. The molecule has 0 radical (unpaired) electrons. The summed E-state index contributed by atoms with van der Waals surface area (Å²) < 4.78 is 37.9. The van der Waals surface area contributed by atoms with Gasteiger partial charge in [0, 0.05) is 12.2 Å².